The van der Waals surface area contributed by atoms with Gasteiger partial charge in [0.2, 0.25) is 0 Å². The van der Waals surface area contributed by atoms with Gasteiger partial charge in [-0.1, -0.05) is 12.8 Å². The molecule has 0 bridgehead atoms. The molecule has 0 atom stereocenters. The number of nitrogen functional groups attached to an aromatic ring is 1. The zero-order chi connectivity index (χ0) is 13.0. The highest BCUT2D eigenvalue weighted by atomic mass is 16.3. The van der Waals surface area contributed by atoms with E-state index in [0.29, 0.717) is 17.9 Å². The number of aliphatic hydroxyl groups excluding tert-OH is 1. The lowest BCUT2D eigenvalue weighted by atomic mass is 10.2. The Kier molecular flexibility index (Phi) is 4.15. The Labute approximate surface area is 107 Å². The minimum absolute atomic E-state index is 0.0233. The zero-order valence-electron chi connectivity index (χ0n) is 10.4. The molecular formula is C13H19N3O2. The first-order chi connectivity index (χ1) is 8.72. The van der Waals surface area contributed by atoms with Gasteiger partial charge in [0.15, 0.2) is 0 Å². The molecule has 0 saturated heterocycles. The van der Waals surface area contributed by atoms with Gasteiger partial charge in [-0.05, 0) is 25.0 Å². The average Bonchev–Trinajstić information content (AvgIpc) is 2.89. The van der Waals surface area contributed by atoms with Gasteiger partial charge in [-0.15, -0.1) is 0 Å². The van der Waals surface area contributed by atoms with Crippen molar-refractivity contribution in [2.45, 2.75) is 31.7 Å². The molecule has 1 aromatic heterocycles. The second-order valence-corrected chi connectivity index (χ2v) is 4.63. The Balaban J connectivity index is 2.17. The molecule has 0 radical (unpaired) electrons. The molecule has 3 N–H and O–H groups in total. The van der Waals surface area contributed by atoms with Crippen LogP contribution < -0.4 is 5.73 Å². The molecule has 0 aromatic carbocycles. The van der Waals surface area contributed by atoms with Crippen molar-refractivity contribution < 1.29 is 9.90 Å². The van der Waals surface area contributed by atoms with Crippen molar-refractivity contribution in [3.63, 3.8) is 0 Å². The van der Waals surface area contributed by atoms with E-state index in [0.717, 1.165) is 25.7 Å². The van der Waals surface area contributed by atoms with Crippen LogP contribution in [0.5, 0.6) is 0 Å². The predicted molar refractivity (Wildman–Crippen MR) is 69.0 cm³/mol. The molecule has 0 aliphatic heterocycles. The Bertz CT molecular complexity index is 416. The van der Waals surface area contributed by atoms with Crippen LogP contribution in [0.2, 0.25) is 0 Å². The third-order valence-corrected chi connectivity index (χ3v) is 3.37. The topological polar surface area (TPSA) is 79.5 Å². The molecule has 1 amide bonds. The third kappa shape index (κ3) is 2.79. The summed E-state index contributed by atoms with van der Waals surface area (Å²) in [4.78, 5) is 18.2. The second-order valence-electron chi connectivity index (χ2n) is 4.63. The van der Waals surface area contributed by atoms with E-state index >= 15 is 0 Å². The predicted octanol–water partition coefficient (Wildman–Crippen LogP) is 1.04. The molecule has 0 unspecified atom stereocenters. The minimum atomic E-state index is -0.136. The maximum absolute atomic E-state index is 12.4. The van der Waals surface area contributed by atoms with E-state index in [9.17, 15) is 4.79 Å². The zero-order valence-corrected chi connectivity index (χ0v) is 10.4. The minimum Gasteiger partial charge on any atom is -0.399 e. The number of hydrogen-bond donors (Lipinski definition) is 2. The summed E-state index contributed by atoms with van der Waals surface area (Å²) in [6.07, 6.45) is 5.84. The number of pyridine rings is 1. The second kappa shape index (κ2) is 5.82. The fourth-order valence-electron chi connectivity index (χ4n) is 2.48. The Hall–Kier alpha value is -1.62. The van der Waals surface area contributed by atoms with Crippen LogP contribution in [0, 0.1) is 0 Å². The number of aromatic nitrogens is 1. The highest BCUT2D eigenvalue weighted by Crippen LogP contribution is 2.24. The normalized spacial score (nSPS) is 15.8. The van der Waals surface area contributed by atoms with E-state index in [-0.39, 0.29) is 18.6 Å². The molecule has 1 aliphatic rings. The van der Waals surface area contributed by atoms with Gasteiger partial charge in [-0.25, -0.2) is 0 Å². The average molecular weight is 249 g/mol. The number of rotatable bonds is 4. The molecule has 1 aliphatic carbocycles. The van der Waals surface area contributed by atoms with Crippen LogP contribution in [0.25, 0.3) is 0 Å². The van der Waals surface area contributed by atoms with Gasteiger partial charge in [0.05, 0.1) is 6.61 Å². The van der Waals surface area contributed by atoms with Crippen LogP contribution in [-0.4, -0.2) is 40.1 Å². The first-order valence-corrected chi connectivity index (χ1v) is 6.35. The first kappa shape index (κ1) is 12.8. The lowest BCUT2D eigenvalue weighted by Crippen LogP contribution is -2.41. The summed E-state index contributed by atoms with van der Waals surface area (Å²) in [5.41, 5.74) is 6.55. The quantitative estimate of drug-likeness (QED) is 0.835. The summed E-state index contributed by atoms with van der Waals surface area (Å²) in [5.74, 6) is -0.136. The van der Waals surface area contributed by atoms with Gasteiger partial charge in [-0.2, -0.15) is 0 Å². The largest absolute Gasteiger partial charge is 0.399 e. The Morgan fingerprint density at radius 1 is 1.50 bits per heavy atom. The molecule has 2 rings (SSSR count). The molecule has 5 nitrogen and oxygen atoms in total. The van der Waals surface area contributed by atoms with Gasteiger partial charge in [0, 0.05) is 24.5 Å². The molecule has 1 saturated carbocycles. The molecule has 1 heterocycles. The first-order valence-electron chi connectivity index (χ1n) is 6.35. The smallest absolute Gasteiger partial charge is 0.272 e. The lowest BCUT2D eigenvalue weighted by Gasteiger charge is -2.28. The van der Waals surface area contributed by atoms with Crippen LogP contribution in [0.15, 0.2) is 18.3 Å². The summed E-state index contributed by atoms with van der Waals surface area (Å²) in [6.45, 7) is 0.338. The number of aliphatic hydroxyl groups is 1. The van der Waals surface area contributed by atoms with E-state index in [4.69, 9.17) is 10.8 Å². The number of anilines is 1. The van der Waals surface area contributed by atoms with Crippen molar-refractivity contribution in [1.82, 2.24) is 9.88 Å². The molecule has 0 spiro atoms. The summed E-state index contributed by atoms with van der Waals surface area (Å²) in [7, 11) is 0. The summed E-state index contributed by atoms with van der Waals surface area (Å²) in [6, 6.07) is 3.47. The van der Waals surface area contributed by atoms with E-state index in [1.807, 2.05) is 0 Å². The van der Waals surface area contributed by atoms with Crippen LogP contribution >= 0.6 is 0 Å². The maximum atomic E-state index is 12.4. The van der Waals surface area contributed by atoms with Crippen LogP contribution in [-0.2, 0) is 0 Å². The van der Waals surface area contributed by atoms with Crippen LogP contribution in [0.3, 0.4) is 0 Å². The van der Waals surface area contributed by atoms with Gasteiger partial charge < -0.3 is 15.7 Å². The molecular weight excluding hydrogens is 230 g/mol. The highest BCUT2D eigenvalue weighted by Gasteiger charge is 2.27. The SMILES string of the molecule is Nc1ccnc(C(=O)N(CCO)C2CCCC2)c1. The maximum Gasteiger partial charge on any atom is 0.272 e. The van der Waals surface area contributed by atoms with Crippen molar-refractivity contribution >= 4 is 11.6 Å². The Morgan fingerprint density at radius 2 is 2.22 bits per heavy atom. The molecule has 1 aromatic rings. The number of carbonyl (C=O) groups excluding carboxylic acids is 1. The number of amides is 1. The standard InChI is InChI=1S/C13H19N3O2/c14-10-5-6-15-12(9-10)13(18)16(7-8-17)11-3-1-2-4-11/h5-6,9,11,17H,1-4,7-8H2,(H2,14,15). The van der Waals surface area contributed by atoms with Crippen molar-refractivity contribution in [3.05, 3.63) is 24.0 Å². The Morgan fingerprint density at radius 3 is 2.83 bits per heavy atom. The van der Waals surface area contributed by atoms with Gasteiger partial charge in [0.1, 0.15) is 5.69 Å². The van der Waals surface area contributed by atoms with Gasteiger partial charge >= 0.3 is 0 Å². The fourth-order valence-corrected chi connectivity index (χ4v) is 2.48. The molecule has 5 heteroatoms. The van der Waals surface area contributed by atoms with Crippen molar-refractivity contribution in [2.24, 2.45) is 0 Å². The number of carbonyl (C=O) groups is 1. The summed E-state index contributed by atoms with van der Waals surface area (Å²) >= 11 is 0. The van der Waals surface area contributed by atoms with E-state index in [1.54, 1.807) is 17.0 Å². The molecule has 18 heavy (non-hydrogen) atoms. The fraction of sp³-hybridized carbons (Fsp3) is 0.538. The number of hydrogen-bond acceptors (Lipinski definition) is 4. The van der Waals surface area contributed by atoms with Crippen LogP contribution in [0.4, 0.5) is 5.69 Å². The monoisotopic (exact) mass is 249 g/mol. The van der Waals surface area contributed by atoms with Crippen LogP contribution in [0.1, 0.15) is 36.2 Å². The van der Waals surface area contributed by atoms with Gasteiger partial charge in [0.25, 0.3) is 5.91 Å². The molecule has 98 valence electrons. The van der Waals surface area contributed by atoms with Gasteiger partial charge in [-0.3, -0.25) is 9.78 Å². The van der Waals surface area contributed by atoms with E-state index in [2.05, 4.69) is 4.98 Å². The number of nitrogens with two attached hydrogens (primary N) is 1. The van der Waals surface area contributed by atoms with E-state index in [1.165, 1.54) is 6.20 Å². The molecule has 1 fully saturated rings. The lowest BCUT2D eigenvalue weighted by molar-refractivity contribution is 0.0632. The van der Waals surface area contributed by atoms with Crippen molar-refractivity contribution in [3.8, 4) is 0 Å². The summed E-state index contributed by atoms with van der Waals surface area (Å²) in [5, 5.41) is 9.11. The third-order valence-electron chi connectivity index (χ3n) is 3.37. The van der Waals surface area contributed by atoms with E-state index < -0.39 is 0 Å². The van der Waals surface area contributed by atoms with Crippen molar-refractivity contribution in [1.29, 1.82) is 0 Å². The highest BCUT2D eigenvalue weighted by molar-refractivity contribution is 5.93. The number of nitrogens with zero attached hydrogens (tertiary/aromatic N) is 2. The summed E-state index contributed by atoms with van der Waals surface area (Å²) < 4.78 is 0. The van der Waals surface area contributed by atoms with Crippen molar-refractivity contribution in [2.75, 3.05) is 18.9 Å².